The number of nitrogens with two attached hydrogens (primary N) is 1. The Morgan fingerprint density at radius 2 is 1.95 bits per heavy atom. The van der Waals surface area contributed by atoms with Gasteiger partial charge in [-0.15, -0.1) is 0 Å². The quantitative estimate of drug-likeness (QED) is 0.670. The highest BCUT2D eigenvalue weighted by atomic mass is 19.4. The molecule has 1 fully saturated rings. The summed E-state index contributed by atoms with van der Waals surface area (Å²) in [4.78, 5) is 6.05. The molecule has 0 atom stereocenters. The third kappa shape index (κ3) is 3.23. The first-order valence-corrected chi connectivity index (χ1v) is 6.45. The van der Waals surface area contributed by atoms with Gasteiger partial charge in [-0.3, -0.25) is 0 Å². The molecule has 0 saturated heterocycles. The summed E-state index contributed by atoms with van der Waals surface area (Å²) in [5, 5.41) is 0. The van der Waals surface area contributed by atoms with E-state index in [2.05, 4.69) is 4.99 Å². The van der Waals surface area contributed by atoms with Gasteiger partial charge in [-0.05, 0) is 30.4 Å². The van der Waals surface area contributed by atoms with E-state index >= 15 is 0 Å². The summed E-state index contributed by atoms with van der Waals surface area (Å²) in [7, 11) is 3.61. The topological polar surface area (TPSA) is 41.6 Å². The SMILES string of the molecule is CN(C)C(N)=NC1CC(c2cccc(C(F)(F)F)c2)C1. The van der Waals surface area contributed by atoms with Crippen LogP contribution in [0.3, 0.4) is 0 Å². The van der Waals surface area contributed by atoms with Crippen molar-refractivity contribution in [3.8, 4) is 0 Å². The maximum absolute atomic E-state index is 12.6. The summed E-state index contributed by atoms with van der Waals surface area (Å²) in [6.07, 6.45) is -2.79. The van der Waals surface area contributed by atoms with Crippen LogP contribution in [-0.4, -0.2) is 31.0 Å². The average Bonchev–Trinajstić information content (AvgIpc) is 2.31. The molecular weight excluding hydrogens is 267 g/mol. The molecule has 110 valence electrons. The lowest BCUT2D eigenvalue weighted by atomic mass is 9.76. The Morgan fingerprint density at radius 3 is 2.50 bits per heavy atom. The highest BCUT2D eigenvalue weighted by Crippen LogP contribution is 2.40. The van der Waals surface area contributed by atoms with Crippen LogP contribution < -0.4 is 5.73 Å². The van der Waals surface area contributed by atoms with Crippen LogP contribution in [0, 0.1) is 0 Å². The largest absolute Gasteiger partial charge is 0.416 e. The lowest BCUT2D eigenvalue weighted by molar-refractivity contribution is -0.137. The van der Waals surface area contributed by atoms with E-state index in [0.717, 1.165) is 24.5 Å². The fourth-order valence-electron chi connectivity index (χ4n) is 2.24. The van der Waals surface area contributed by atoms with Crippen molar-refractivity contribution in [1.82, 2.24) is 4.90 Å². The Bertz CT molecular complexity index is 503. The number of hydrogen-bond acceptors (Lipinski definition) is 1. The van der Waals surface area contributed by atoms with Crippen LogP contribution in [0.4, 0.5) is 13.2 Å². The number of alkyl halides is 3. The highest BCUT2D eigenvalue weighted by Gasteiger charge is 2.34. The zero-order valence-corrected chi connectivity index (χ0v) is 11.5. The van der Waals surface area contributed by atoms with Crippen molar-refractivity contribution in [3.05, 3.63) is 35.4 Å². The monoisotopic (exact) mass is 285 g/mol. The summed E-state index contributed by atoms with van der Waals surface area (Å²) in [6.45, 7) is 0. The fourth-order valence-corrected chi connectivity index (χ4v) is 2.24. The van der Waals surface area contributed by atoms with Gasteiger partial charge in [0, 0.05) is 14.1 Å². The molecule has 2 N–H and O–H groups in total. The molecule has 0 bridgehead atoms. The smallest absolute Gasteiger partial charge is 0.370 e. The van der Waals surface area contributed by atoms with Crippen LogP contribution in [0.2, 0.25) is 0 Å². The molecule has 1 aliphatic rings. The van der Waals surface area contributed by atoms with Crippen molar-refractivity contribution in [1.29, 1.82) is 0 Å². The van der Waals surface area contributed by atoms with E-state index in [9.17, 15) is 13.2 Å². The van der Waals surface area contributed by atoms with Gasteiger partial charge in [-0.25, -0.2) is 4.99 Å². The lowest BCUT2D eigenvalue weighted by Crippen LogP contribution is -2.35. The Hall–Kier alpha value is -1.72. The summed E-state index contributed by atoms with van der Waals surface area (Å²) in [5.41, 5.74) is 5.86. The minimum Gasteiger partial charge on any atom is -0.370 e. The molecule has 1 aromatic carbocycles. The number of benzene rings is 1. The molecule has 1 saturated carbocycles. The lowest BCUT2D eigenvalue weighted by Gasteiger charge is -2.34. The van der Waals surface area contributed by atoms with Crippen molar-refractivity contribution in [3.63, 3.8) is 0 Å². The molecule has 20 heavy (non-hydrogen) atoms. The number of guanidine groups is 1. The Morgan fingerprint density at radius 1 is 1.30 bits per heavy atom. The Kier molecular flexibility index (Phi) is 3.92. The number of rotatable bonds is 2. The van der Waals surface area contributed by atoms with E-state index in [1.54, 1.807) is 11.0 Å². The Labute approximate surface area is 116 Å². The van der Waals surface area contributed by atoms with Crippen LogP contribution in [0.15, 0.2) is 29.3 Å². The standard InChI is InChI=1S/C14H18F3N3/c1-20(2)13(18)19-12-7-10(8-12)9-4-3-5-11(6-9)14(15,16)17/h3-6,10,12H,7-8H2,1-2H3,(H2,18,19). The fraction of sp³-hybridized carbons (Fsp3) is 0.500. The maximum Gasteiger partial charge on any atom is 0.416 e. The van der Waals surface area contributed by atoms with E-state index < -0.39 is 11.7 Å². The van der Waals surface area contributed by atoms with Gasteiger partial charge in [0.15, 0.2) is 5.96 Å². The first-order chi connectivity index (χ1) is 9.27. The minimum atomic E-state index is -4.29. The van der Waals surface area contributed by atoms with Crippen LogP contribution >= 0.6 is 0 Å². The zero-order chi connectivity index (χ0) is 14.9. The zero-order valence-electron chi connectivity index (χ0n) is 11.5. The first kappa shape index (κ1) is 14.7. The van der Waals surface area contributed by atoms with Crippen molar-refractivity contribution in [2.24, 2.45) is 10.7 Å². The molecule has 0 spiro atoms. The first-order valence-electron chi connectivity index (χ1n) is 6.45. The van der Waals surface area contributed by atoms with E-state index in [1.165, 1.54) is 12.1 Å². The molecule has 1 aromatic rings. The van der Waals surface area contributed by atoms with Crippen LogP contribution in [0.1, 0.15) is 29.9 Å². The molecule has 0 unspecified atom stereocenters. The van der Waals surface area contributed by atoms with Gasteiger partial charge in [-0.1, -0.05) is 18.2 Å². The molecule has 0 aromatic heterocycles. The van der Waals surface area contributed by atoms with Crippen LogP contribution in [0.5, 0.6) is 0 Å². The van der Waals surface area contributed by atoms with E-state index in [-0.39, 0.29) is 12.0 Å². The maximum atomic E-state index is 12.6. The van der Waals surface area contributed by atoms with Gasteiger partial charge >= 0.3 is 6.18 Å². The van der Waals surface area contributed by atoms with Gasteiger partial charge in [-0.2, -0.15) is 13.2 Å². The third-order valence-corrected chi connectivity index (χ3v) is 3.57. The molecule has 1 aliphatic carbocycles. The van der Waals surface area contributed by atoms with Crippen molar-refractivity contribution in [2.75, 3.05) is 14.1 Å². The third-order valence-electron chi connectivity index (χ3n) is 3.57. The summed E-state index contributed by atoms with van der Waals surface area (Å²) < 4.78 is 37.9. The highest BCUT2D eigenvalue weighted by molar-refractivity contribution is 5.77. The van der Waals surface area contributed by atoms with E-state index in [0.29, 0.717) is 5.96 Å². The number of aliphatic imine (C=N–C) groups is 1. The molecule has 3 nitrogen and oxygen atoms in total. The second kappa shape index (κ2) is 5.34. The summed E-state index contributed by atoms with van der Waals surface area (Å²) in [6, 6.07) is 5.65. The summed E-state index contributed by atoms with van der Waals surface area (Å²) >= 11 is 0. The number of nitrogens with zero attached hydrogens (tertiary/aromatic N) is 2. The van der Waals surface area contributed by atoms with Crippen molar-refractivity contribution >= 4 is 5.96 Å². The number of halogens is 3. The second-order valence-corrected chi connectivity index (χ2v) is 5.33. The normalized spacial score (nSPS) is 23.4. The van der Waals surface area contributed by atoms with Gasteiger partial charge in [0.1, 0.15) is 0 Å². The number of hydrogen-bond donors (Lipinski definition) is 1. The predicted molar refractivity (Wildman–Crippen MR) is 72.5 cm³/mol. The van der Waals surface area contributed by atoms with Crippen molar-refractivity contribution < 1.29 is 13.2 Å². The minimum absolute atomic E-state index is 0.108. The molecule has 6 heteroatoms. The Balaban J connectivity index is 2.01. The molecular formula is C14H18F3N3. The molecule has 2 rings (SSSR count). The van der Waals surface area contributed by atoms with Crippen LogP contribution in [0.25, 0.3) is 0 Å². The van der Waals surface area contributed by atoms with Gasteiger partial charge in [0.05, 0.1) is 11.6 Å². The van der Waals surface area contributed by atoms with Crippen LogP contribution in [-0.2, 0) is 6.18 Å². The van der Waals surface area contributed by atoms with E-state index in [4.69, 9.17) is 5.73 Å². The molecule has 0 amide bonds. The van der Waals surface area contributed by atoms with Gasteiger partial charge in [0.25, 0.3) is 0 Å². The van der Waals surface area contributed by atoms with Crippen molar-refractivity contribution in [2.45, 2.75) is 31.0 Å². The average molecular weight is 285 g/mol. The molecule has 0 aliphatic heterocycles. The van der Waals surface area contributed by atoms with Gasteiger partial charge < -0.3 is 10.6 Å². The van der Waals surface area contributed by atoms with E-state index in [1.807, 2.05) is 14.1 Å². The van der Waals surface area contributed by atoms with Gasteiger partial charge in [0.2, 0.25) is 0 Å². The summed E-state index contributed by atoms with van der Waals surface area (Å²) in [5.74, 6) is 0.596. The molecule has 0 heterocycles. The second-order valence-electron chi connectivity index (χ2n) is 5.33. The molecule has 0 radical (unpaired) electrons. The predicted octanol–water partition coefficient (Wildman–Crippen LogP) is 2.83.